The lowest BCUT2D eigenvalue weighted by molar-refractivity contribution is 0.143. The van der Waals surface area contributed by atoms with Crippen LogP contribution in [0.3, 0.4) is 0 Å². The van der Waals surface area contributed by atoms with Crippen molar-refractivity contribution in [1.29, 1.82) is 0 Å². The third-order valence-electron chi connectivity index (χ3n) is 3.69. The van der Waals surface area contributed by atoms with E-state index in [0.717, 1.165) is 43.2 Å². The van der Waals surface area contributed by atoms with Gasteiger partial charge in [0.1, 0.15) is 5.82 Å². The van der Waals surface area contributed by atoms with E-state index in [-0.39, 0.29) is 0 Å². The topological polar surface area (TPSA) is 25.4 Å². The zero-order valence-electron chi connectivity index (χ0n) is 11.9. The molecule has 3 nitrogen and oxygen atoms in total. The van der Waals surface area contributed by atoms with E-state index in [2.05, 4.69) is 24.0 Å². The molecule has 1 aromatic rings. The third kappa shape index (κ3) is 3.83. The number of pyridine rings is 1. The van der Waals surface area contributed by atoms with E-state index in [0.29, 0.717) is 11.8 Å². The molecule has 4 heteroatoms. The standard InChI is InChI=1S/C15H23ClN2O/c1-3-14-7-13(9-16)8-15(17-14)18-6-4-5-12(10-18)11-19-2/h7-8,12H,3-6,9-11H2,1-2H3. The maximum atomic E-state index is 5.98. The Balaban J connectivity index is 2.15. The van der Waals surface area contributed by atoms with Crippen LogP contribution in [0.4, 0.5) is 5.82 Å². The predicted octanol–water partition coefficient (Wildman–Crippen LogP) is 3.25. The van der Waals surface area contributed by atoms with Crippen molar-refractivity contribution in [2.45, 2.75) is 32.1 Å². The molecule has 0 aromatic carbocycles. The number of anilines is 1. The molecule has 1 atom stereocenters. The number of alkyl halides is 1. The van der Waals surface area contributed by atoms with E-state index in [9.17, 15) is 0 Å². The van der Waals surface area contributed by atoms with Crippen LogP contribution in [0.25, 0.3) is 0 Å². The van der Waals surface area contributed by atoms with Gasteiger partial charge in [-0.2, -0.15) is 0 Å². The number of piperidine rings is 1. The summed E-state index contributed by atoms with van der Waals surface area (Å²) in [7, 11) is 1.78. The summed E-state index contributed by atoms with van der Waals surface area (Å²) in [5.41, 5.74) is 2.29. The van der Waals surface area contributed by atoms with E-state index in [4.69, 9.17) is 21.3 Å². The first-order valence-electron chi connectivity index (χ1n) is 7.06. The van der Waals surface area contributed by atoms with Gasteiger partial charge in [0.2, 0.25) is 0 Å². The van der Waals surface area contributed by atoms with Crippen LogP contribution in [0.15, 0.2) is 12.1 Å². The first kappa shape index (κ1) is 14.6. The van der Waals surface area contributed by atoms with Gasteiger partial charge in [0.15, 0.2) is 0 Å². The minimum Gasteiger partial charge on any atom is -0.384 e. The van der Waals surface area contributed by atoms with Crippen molar-refractivity contribution in [2.75, 3.05) is 31.7 Å². The number of hydrogen-bond donors (Lipinski definition) is 0. The molecule has 0 saturated carbocycles. The van der Waals surface area contributed by atoms with Crippen LogP contribution in [-0.2, 0) is 17.0 Å². The lowest BCUT2D eigenvalue weighted by atomic mass is 9.99. The number of hydrogen-bond acceptors (Lipinski definition) is 3. The summed E-state index contributed by atoms with van der Waals surface area (Å²) in [6.45, 7) is 5.10. The lowest BCUT2D eigenvalue weighted by Crippen LogP contribution is -2.37. The third-order valence-corrected chi connectivity index (χ3v) is 4.00. The van der Waals surface area contributed by atoms with E-state index < -0.39 is 0 Å². The van der Waals surface area contributed by atoms with Gasteiger partial charge in [-0.1, -0.05) is 6.92 Å². The van der Waals surface area contributed by atoms with E-state index >= 15 is 0 Å². The molecule has 1 fully saturated rings. The molecule has 2 heterocycles. The van der Waals surface area contributed by atoms with Gasteiger partial charge < -0.3 is 9.64 Å². The molecule has 1 aliphatic rings. The molecule has 0 N–H and O–H groups in total. The molecule has 106 valence electrons. The fourth-order valence-electron chi connectivity index (χ4n) is 2.70. The van der Waals surface area contributed by atoms with Crippen LogP contribution >= 0.6 is 11.6 Å². The average Bonchev–Trinajstić information content (AvgIpc) is 2.47. The maximum absolute atomic E-state index is 5.98. The van der Waals surface area contributed by atoms with Crippen molar-refractivity contribution < 1.29 is 4.74 Å². The quantitative estimate of drug-likeness (QED) is 0.775. The van der Waals surface area contributed by atoms with Gasteiger partial charge in [-0.15, -0.1) is 11.6 Å². The van der Waals surface area contributed by atoms with Crippen molar-refractivity contribution in [3.63, 3.8) is 0 Å². The molecule has 0 radical (unpaired) electrons. The van der Waals surface area contributed by atoms with E-state index in [1.54, 1.807) is 7.11 Å². The van der Waals surface area contributed by atoms with Crippen LogP contribution in [0.2, 0.25) is 0 Å². The van der Waals surface area contributed by atoms with Crippen molar-refractivity contribution in [1.82, 2.24) is 4.98 Å². The Labute approximate surface area is 120 Å². The summed E-state index contributed by atoms with van der Waals surface area (Å²) in [6, 6.07) is 4.23. The van der Waals surface area contributed by atoms with Crippen molar-refractivity contribution in [3.05, 3.63) is 23.4 Å². The van der Waals surface area contributed by atoms with E-state index in [1.165, 1.54) is 12.8 Å². The zero-order chi connectivity index (χ0) is 13.7. The van der Waals surface area contributed by atoms with Gasteiger partial charge in [0.25, 0.3) is 0 Å². The largest absolute Gasteiger partial charge is 0.384 e. The van der Waals surface area contributed by atoms with Crippen molar-refractivity contribution in [2.24, 2.45) is 5.92 Å². The Morgan fingerprint density at radius 2 is 2.32 bits per heavy atom. The molecule has 1 aliphatic heterocycles. The van der Waals surface area contributed by atoms with Crippen LogP contribution < -0.4 is 4.90 Å². The molecule has 0 bridgehead atoms. The lowest BCUT2D eigenvalue weighted by Gasteiger charge is -2.33. The Kier molecular flexibility index (Phi) is 5.46. The number of methoxy groups -OCH3 is 1. The Bertz CT molecular complexity index is 387. The fourth-order valence-corrected chi connectivity index (χ4v) is 2.85. The van der Waals surface area contributed by atoms with Crippen LogP contribution in [0, 0.1) is 5.92 Å². The SMILES string of the molecule is CCc1cc(CCl)cc(N2CCCC(COC)C2)n1. The van der Waals surface area contributed by atoms with Gasteiger partial charge in [-0.3, -0.25) is 0 Å². The smallest absolute Gasteiger partial charge is 0.129 e. The van der Waals surface area contributed by atoms with Crippen LogP contribution in [-0.4, -0.2) is 31.8 Å². The highest BCUT2D eigenvalue weighted by atomic mass is 35.5. The zero-order valence-corrected chi connectivity index (χ0v) is 12.6. The molecule has 1 saturated heterocycles. The molecule has 2 rings (SSSR count). The summed E-state index contributed by atoms with van der Waals surface area (Å²) >= 11 is 5.98. The summed E-state index contributed by atoms with van der Waals surface area (Å²) in [4.78, 5) is 7.12. The monoisotopic (exact) mass is 282 g/mol. The predicted molar refractivity (Wildman–Crippen MR) is 80.0 cm³/mol. The molecule has 0 aliphatic carbocycles. The fraction of sp³-hybridized carbons (Fsp3) is 0.667. The number of aryl methyl sites for hydroxylation is 1. The first-order valence-corrected chi connectivity index (χ1v) is 7.60. The first-order chi connectivity index (χ1) is 9.26. The second-order valence-electron chi connectivity index (χ2n) is 5.22. The Hall–Kier alpha value is -0.800. The Morgan fingerprint density at radius 1 is 1.47 bits per heavy atom. The minimum atomic E-state index is 0.553. The number of aromatic nitrogens is 1. The van der Waals surface area contributed by atoms with Crippen molar-refractivity contribution in [3.8, 4) is 0 Å². The van der Waals surface area contributed by atoms with Gasteiger partial charge in [-0.05, 0) is 42.9 Å². The second kappa shape index (κ2) is 7.11. The minimum absolute atomic E-state index is 0.553. The van der Waals surface area contributed by atoms with Gasteiger partial charge in [-0.25, -0.2) is 4.98 Å². The number of halogens is 1. The summed E-state index contributed by atoms with van der Waals surface area (Å²) < 4.78 is 5.29. The Morgan fingerprint density at radius 3 is 3.00 bits per heavy atom. The van der Waals surface area contributed by atoms with Gasteiger partial charge in [0.05, 0.1) is 6.61 Å². The average molecular weight is 283 g/mol. The molecule has 0 spiro atoms. The number of ether oxygens (including phenoxy) is 1. The summed E-state index contributed by atoms with van der Waals surface area (Å²) in [5, 5.41) is 0. The van der Waals surface area contributed by atoms with Crippen LogP contribution in [0.1, 0.15) is 31.0 Å². The van der Waals surface area contributed by atoms with Gasteiger partial charge in [0, 0.05) is 31.8 Å². The van der Waals surface area contributed by atoms with Crippen LogP contribution in [0.5, 0.6) is 0 Å². The highest BCUT2D eigenvalue weighted by molar-refractivity contribution is 6.17. The van der Waals surface area contributed by atoms with E-state index in [1.807, 2.05) is 0 Å². The highest BCUT2D eigenvalue weighted by Gasteiger charge is 2.21. The number of rotatable bonds is 5. The maximum Gasteiger partial charge on any atom is 0.129 e. The molecule has 1 unspecified atom stereocenters. The molecular formula is C15H23ClN2O. The normalized spacial score (nSPS) is 19.7. The highest BCUT2D eigenvalue weighted by Crippen LogP contribution is 2.24. The second-order valence-corrected chi connectivity index (χ2v) is 5.49. The number of nitrogens with zero attached hydrogens (tertiary/aromatic N) is 2. The van der Waals surface area contributed by atoms with Gasteiger partial charge >= 0.3 is 0 Å². The molecule has 0 amide bonds. The summed E-state index contributed by atoms with van der Waals surface area (Å²) in [5.74, 6) is 2.25. The van der Waals surface area contributed by atoms with Crippen molar-refractivity contribution >= 4 is 17.4 Å². The summed E-state index contributed by atoms with van der Waals surface area (Å²) in [6.07, 6.45) is 3.41. The molecule has 1 aromatic heterocycles. The molecular weight excluding hydrogens is 260 g/mol. The molecule has 19 heavy (non-hydrogen) atoms.